The average Bonchev–Trinajstić information content (AvgIpc) is 3.32. The zero-order valence-corrected chi connectivity index (χ0v) is 17.9. The molecule has 2 N–H and O–H groups in total. The maximum Gasteiger partial charge on any atom is 0.262 e. The van der Waals surface area contributed by atoms with Crippen molar-refractivity contribution >= 4 is 45.8 Å². The Morgan fingerprint density at radius 3 is 2.85 bits per heavy atom. The molecule has 0 saturated carbocycles. The number of aryl methyl sites for hydroxylation is 2. The molecule has 0 aliphatic carbocycles. The summed E-state index contributed by atoms with van der Waals surface area (Å²) < 4.78 is 1.79. The minimum absolute atomic E-state index is 0. The predicted molar refractivity (Wildman–Crippen MR) is 111 cm³/mol. The molecular formula is C18H28ClN5O2S. The number of hydrogen-bond donors (Lipinski definition) is 2. The first-order valence-corrected chi connectivity index (χ1v) is 9.99. The molecule has 3 rings (SSSR count). The summed E-state index contributed by atoms with van der Waals surface area (Å²) in [6, 6.07) is 1.54. The second-order valence-corrected chi connectivity index (χ2v) is 7.94. The van der Waals surface area contributed by atoms with Crippen LogP contribution in [0.15, 0.2) is 6.07 Å². The van der Waals surface area contributed by atoms with Crippen molar-refractivity contribution in [3.63, 3.8) is 0 Å². The van der Waals surface area contributed by atoms with Gasteiger partial charge in [-0.1, -0.05) is 6.92 Å². The Bertz CT molecular complexity index is 778. The smallest absolute Gasteiger partial charge is 0.262 e. The Morgan fingerprint density at radius 2 is 2.26 bits per heavy atom. The SMILES string of the molecule is CCCN(C(=O)C(C)NC(=O)c1cc2c(C)nn(C)c2s1)C1CCNC1.Cl. The van der Waals surface area contributed by atoms with Gasteiger partial charge in [0.25, 0.3) is 5.91 Å². The van der Waals surface area contributed by atoms with Gasteiger partial charge in [-0.25, -0.2) is 0 Å². The molecule has 1 fully saturated rings. The highest BCUT2D eigenvalue weighted by molar-refractivity contribution is 7.20. The molecule has 27 heavy (non-hydrogen) atoms. The number of nitrogens with one attached hydrogen (secondary N) is 2. The Labute approximate surface area is 169 Å². The van der Waals surface area contributed by atoms with Crippen LogP contribution in [0.1, 0.15) is 42.1 Å². The lowest BCUT2D eigenvalue weighted by Crippen LogP contribution is -2.51. The van der Waals surface area contributed by atoms with E-state index >= 15 is 0 Å². The molecule has 2 amide bonds. The Hall–Kier alpha value is -1.64. The highest BCUT2D eigenvalue weighted by Gasteiger charge is 2.30. The first-order chi connectivity index (χ1) is 12.4. The number of nitrogens with zero attached hydrogens (tertiary/aromatic N) is 3. The largest absolute Gasteiger partial charge is 0.340 e. The molecule has 3 heterocycles. The first-order valence-electron chi connectivity index (χ1n) is 9.17. The van der Waals surface area contributed by atoms with Gasteiger partial charge in [0.05, 0.1) is 10.6 Å². The molecule has 0 spiro atoms. The molecule has 0 radical (unpaired) electrons. The maximum atomic E-state index is 12.9. The molecule has 2 aromatic heterocycles. The van der Waals surface area contributed by atoms with Gasteiger partial charge in [-0.05, 0) is 39.3 Å². The molecular weight excluding hydrogens is 386 g/mol. The average molecular weight is 414 g/mol. The van der Waals surface area contributed by atoms with Gasteiger partial charge in [0.15, 0.2) is 0 Å². The van der Waals surface area contributed by atoms with Crippen molar-refractivity contribution in [2.24, 2.45) is 7.05 Å². The summed E-state index contributed by atoms with van der Waals surface area (Å²) in [7, 11) is 1.87. The number of carbonyl (C=O) groups is 2. The molecule has 150 valence electrons. The lowest BCUT2D eigenvalue weighted by molar-refractivity contribution is -0.134. The molecule has 1 aliphatic heterocycles. The van der Waals surface area contributed by atoms with Crippen LogP contribution in [0.3, 0.4) is 0 Å². The van der Waals surface area contributed by atoms with Crippen molar-refractivity contribution < 1.29 is 9.59 Å². The maximum absolute atomic E-state index is 12.9. The van der Waals surface area contributed by atoms with Gasteiger partial charge in [0.1, 0.15) is 10.9 Å². The number of halogens is 1. The summed E-state index contributed by atoms with van der Waals surface area (Å²) in [4.78, 5) is 29.0. The van der Waals surface area contributed by atoms with E-state index in [0.717, 1.165) is 48.4 Å². The van der Waals surface area contributed by atoms with Crippen molar-refractivity contribution in [2.45, 2.75) is 45.7 Å². The third-order valence-corrected chi connectivity index (χ3v) is 6.06. The van der Waals surface area contributed by atoms with E-state index in [0.29, 0.717) is 4.88 Å². The van der Waals surface area contributed by atoms with E-state index in [9.17, 15) is 9.59 Å². The first kappa shape index (κ1) is 21.7. The minimum Gasteiger partial charge on any atom is -0.340 e. The number of rotatable bonds is 6. The van der Waals surface area contributed by atoms with Crippen molar-refractivity contribution in [3.05, 3.63) is 16.6 Å². The Kier molecular flexibility index (Phi) is 7.25. The molecule has 2 atom stereocenters. The summed E-state index contributed by atoms with van der Waals surface area (Å²) in [6.07, 6.45) is 1.88. The van der Waals surface area contributed by atoms with Crippen LogP contribution in [0.5, 0.6) is 0 Å². The van der Waals surface area contributed by atoms with Crippen LogP contribution < -0.4 is 10.6 Å². The summed E-state index contributed by atoms with van der Waals surface area (Å²) in [5.74, 6) is -0.208. The van der Waals surface area contributed by atoms with Crippen LogP contribution in [0.2, 0.25) is 0 Å². The fourth-order valence-electron chi connectivity index (χ4n) is 3.51. The molecule has 7 nitrogen and oxygen atoms in total. The molecule has 2 unspecified atom stereocenters. The normalized spacial score (nSPS) is 17.6. The third kappa shape index (κ3) is 4.44. The molecule has 1 aliphatic rings. The monoisotopic (exact) mass is 413 g/mol. The van der Waals surface area contributed by atoms with E-state index in [2.05, 4.69) is 22.7 Å². The van der Waals surface area contributed by atoms with E-state index < -0.39 is 6.04 Å². The van der Waals surface area contributed by atoms with Gasteiger partial charge in [-0.2, -0.15) is 5.10 Å². The lowest BCUT2D eigenvalue weighted by Gasteiger charge is -2.31. The second-order valence-electron chi connectivity index (χ2n) is 6.91. The molecule has 1 saturated heterocycles. The third-order valence-electron chi connectivity index (χ3n) is 4.86. The highest BCUT2D eigenvalue weighted by Crippen LogP contribution is 2.27. The molecule has 0 bridgehead atoms. The fraction of sp³-hybridized carbons (Fsp3) is 0.611. The van der Waals surface area contributed by atoms with Crippen LogP contribution >= 0.6 is 23.7 Å². The van der Waals surface area contributed by atoms with Gasteiger partial charge >= 0.3 is 0 Å². The zero-order chi connectivity index (χ0) is 18.8. The predicted octanol–water partition coefficient (Wildman–Crippen LogP) is 2.08. The number of amides is 2. The van der Waals surface area contributed by atoms with Crippen LogP contribution in [-0.2, 0) is 11.8 Å². The van der Waals surface area contributed by atoms with E-state index in [1.807, 2.05) is 24.9 Å². The van der Waals surface area contributed by atoms with Crippen LogP contribution in [0.25, 0.3) is 10.2 Å². The number of carbonyl (C=O) groups excluding carboxylic acids is 2. The van der Waals surface area contributed by atoms with E-state index in [4.69, 9.17) is 0 Å². The van der Waals surface area contributed by atoms with Gasteiger partial charge < -0.3 is 15.5 Å². The van der Waals surface area contributed by atoms with Gasteiger partial charge in [0, 0.05) is 31.6 Å². The van der Waals surface area contributed by atoms with Gasteiger partial charge in [0.2, 0.25) is 5.91 Å². The molecule has 9 heteroatoms. The van der Waals surface area contributed by atoms with Crippen molar-refractivity contribution in [3.8, 4) is 0 Å². The van der Waals surface area contributed by atoms with E-state index in [1.165, 1.54) is 11.3 Å². The standard InChI is InChI=1S/C18H27N5O2S.ClH/c1-5-8-23(13-6-7-19-10-13)17(25)12(3)20-16(24)15-9-14-11(2)21-22(4)18(14)26-15;/h9,12-13,19H,5-8,10H2,1-4H3,(H,20,24);1H. The number of thiophene rings is 1. The zero-order valence-electron chi connectivity index (χ0n) is 16.2. The number of hydrogen-bond acceptors (Lipinski definition) is 5. The quantitative estimate of drug-likeness (QED) is 0.759. The fourth-order valence-corrected chi connectivity index (χ4v) is 4.54. The van der Waals surface area contributed by atoms with Gasteiger partial charge in [-0.15, -0.1) is 23.7 Å². The van der Waals surface area contributed by atoms with E-state index in [1.54, 1.807) is 11.6 Å². The van der Waals surface area contributed by atoms with E-state index in [-0.39, 0.29) is 30.3 Å². The highest BCUT2D eigenvalue weighted by atomic mass is 35.5. The Morgan fingerprint density at radius 1 is 1.52 bits per heavy atom. The molecule has 2 aromatic rings. The summed E-state index contributed by atoms with van der Waals surface area (Å²) in [6.45, 7) is 8.26. The Balaban J connectivity index is 0.00000261. The van der Waals surface area contributed by atoms with Crippen molar-refractivity contribution in [1.82, 2.24) is 25.3 Å². The molecule has 0 aromatic carbocycles. The second kappa shape index (κ2) is 9.03. The van der Waals surface area contributed by atoms with Crippen molar-refractivity contribution in [1.29, 1.82) is 0 Å². The lowest BCUT2D eigenvalue weighted by atomic mass is 10.1. The van der Waals surface area contributed by atoms with Crippen LogP contribution in [0, 0.1) is 6.92 Å². The van der Waals surface area contributed by atoms with Crippen LogP contribution in [0.4, 0.5) is 0 Å². The van der Waals surface area contributed by atoms with Crippen LogP contribution in [-0.4, -0.2) is 58.2 Å². The summed E-state index contributed by atoms with van der Waals surface area (Å²) in [5, 5.41) is 11.5. The minimum atomic E-state index is -0.543. The number of aromatic nitrogens is 2. The number of fused-ring (bicyclic) bond motifs is 1. The van der Waals surface area contributed by atoms with Crippen molar-refractivity contribution in [2.75, 3.05) is 19.6 Å². The van der Waals surface area contributed by atoms with Gasteiger partial charge in [-0.3, -0.25) is 14.3 Å². The topological polar surface area (TPSA) is 79.3 Å². The summed E-state index contributed by atoms with van der Waals surface area (Å²) in [5.41, 5.74) is 0.907. The summed E-state index contributed by atoms with van der Waals surface area (Å²) >= 11 is 1.40.